The van der Waals surface area contributed by atoms with Crippen molar-refractivity contribution in [2.24, 2.45) is 0 Å². The van der Waals surface area contributed by atoms with E-state index < -0.39 is 28.6 Å². The molecule has 2 aromatic rings. The Bertz CT molecular complexity index is 1420. The molecule has 0 spiro atoms. The summed E-state index contributed by atoms with van der Waals surface area (Å²) in [7, 11) is 51.5. The summed E-state index contributed by atoms with van der Waals surface area (Å²) in [6.07, 6.45) is 0.314. The van der Waals surface area contributed by atoms with E-state index >= 15 is 0 Å². The van der Waals surface area contributed by atoms with Gasteiger partial charge in [0, 0.05) is 36.0 Å². The van der Waals surface area contributed by atoms with Crippen LogP contribution in [0.4, 0.5) is 0 Å². The monoisotopic (exact) mass is 529 g/mol. The first-order valence-corrected chi connectivity index (χ1v) is 13.0. The highest BCUT2D eigenvalue weighted by Crippen LogP contribution is 2.35. The van der Waals surface area contributed by atoms with Gasteiger partial charge in [0.15, 0.2) is 0 Å². The standard InChI is InChI=1S/C25H19B8N3O5/c26-18-16(24(30,31)35-6-8-40-9-7-35)19(27)21(29)17(20(18)28)25(32,33)41-14-3-1-2-11-12(14)10-36(23(11)39)13-4-5-15(37)34-22(13)38/h1-3,13H,4-10H2,(H,34,37,38). The maximum Gasteiger partial charge on any atom is 0.255 e. The van der Waals surface area contributed by atoms with Gasteiger partial charge in [0.1, 0.15) is 58.9 Å². The number of nitrogens with one attached hydrogen (secondary N) is 1. The predicted octanol–water partition coefficient (Wildman–Crippen LogP) is -5.07. The van der Waals surface area contributed by atoms with Crippen LogP contribution in [-0.2, 0) is 31.6 Å². The Hall–Kier alpha value is -2.71. The fourth-order valence-corrected chi connectivity index (χ4v) is 5.66. The zero-order chi connectivity index (χ0) is 29.9. The Morgan fingerprint density at radius 1 is 0.902 bits per heavy atom. The fourth-order valence-electron chi connectivity index (χ4n) is 5.66. The summed E-state index contributed by atoms with van der Waals surface area (Å²) in [6.45, 7) is 1.67. The highest BCUT2D eigenvalue weighted by molar-refractivity contribution is 6.61. The van der Waals surface area contributed by atoms with Crippen molar-refractivity contribution >= 4 is 102 Å². The molecule has 3 aliphatic heterocycles. The van der Waals surface area contributed by atoms with Crippen molar-refractivity contribution < 1.29 is 23.9 Å². The van der Waals surface area contributed by atoms with E-state index in [9.17, 15) is 14.4 Å². The molecule has 1 atom stereocenters. The number of ether oxygens (including phenoxy) is 2. The second-order valence-corrected chi connectivity index (χ2v) is 10.4. The van der Waals surface area contributed by atoms with Gasteiger partial charge in [0.25, 0.3) is 5.91 Å². The van der Waals surface area contributed by atoms with Gasteiger partial charge in [-0.05, 0) is 29.5 Å². The first-order valence-electron chi connectivity index (χ1n) is 13.0. The molecule has 2 aromatic carbocycles. The molecule has 0 aliphatic carbocycles. The largest absolute Gasteiger partial charge is 0.502 e. The van der Waals surface area contributed by atoms with E-state index in [-0.39, 0.29) is 64.0 Å². The number of morpholine rings is 1. The number of hydrogen-bond donors (Lipinski definition) is 1. The molecule has 0 saturated carbocycles. The summed E-state index contributed by atoms with van der Waals surface area (Å²) in [5, 5.41) is -1.55. The molecule has 8 nitrogen and oxygen atoms in total. The molecule has 2 saturated heterocycles. The lowest BCUT2D eigenvalue weighted by Gasteiger charge is -2.46. The summed E-state index contributed by atoms with van der Waals surface area (Å²) in [6, 6.07) is 3.91. The maximum atomic E-state index is 13.2. The molecule has 16 radical (unpaired) electrons. The van der Waals surface area contributed by atoms with Crippen molar-refractivity contribution in [2.45, 2.75) is 36.2 Å². The molecule has 3 heterocycles. The van der Waals surface area contributed by atoms with Gasteiger partial charge in [-0.25, -0.2) is 0 Å². The normalized spacial score (nSPS) is 20.1. The van der Waals surface area contributed by atoms with E-state index in [1.165, 1.54) is 4.90 Å². The van der Waals surface area contributed by atoms with Crippen molar-refractivity contribution in [3.63, 3.8) is 0 Å². The molecule has 16 heteroatoms. The summed E-state index contributed by atoms with van der Waals surface area (Å²) in [5.74, 6) is -1.18. The summed E-state index contributed by atoms with van der Waals surface area (Å²) in [4.78, 5) is 40.4. The Morgan fingerprint density at radius 2 is 1.51 bits per heavy atom. The van der Waals surface area contributed by atoms with Gasteiger partial charge in [0.05, 0.1) is 35.5 Å². The Balaban J connectivity index is 1.48. The van der Waals surface area contributed by atoms with Crippen LogP contribution in [0.5, 0.6) is 5.75 Å². The third-order valence-electron chi connectivity index (χ3n) is 7.80. The number of rotatable bonds is 6. The summed E-state index contributed by atoms with van der Waals surface area (Å²) >= 11 is 0. The van der Waals surface area contributed by atoms with Crippen LogP contribution in [-0.4, -0.2) is 123 Å². The topological polar surface area (TPSA) is 88.2 Å². The third-order valence-corrected chi connectivity index (χ3v) is 7.80. The van der Waals surface area contributed by atoms with E-state index in [0.717, 1.165) is 0 Å². The molecule has 3 amide bonds. The summed E-state index contributed by atoms with van der Waals surface area (Å²) < 4.78 is 11.4. The molecule has 1 N–H and O–H groups in total. The van der Waals surface area contributed by atoms with Crippen LogP contribution in [0, 0.1) is 0 Å². The highest BCUT2D eigenvalue weighted by atomic mass is 16.5. The fraction of sp³-hybridized carbons (Fsp3) is 0.400. The number of amides is 3. The summed E-state index contributed by atoms with van der Waals surface area (Å²) in [5.41, 5.74) is 0.359. The molecular weight excluding hydrogens is 509 g/mol. The van der Waals surface area contributed by atoms with Crippen molar-refractivity contribution in [3.05, 3.63) is 40.5 Å². The average molecular weight is 528 g/mol. The van der Waals surface area contributed by atoms with Gasteiger partial charge in [-0.2, -0.15) is 0 Å². The van der Waals surface area contributed by atoms with Gasteiger partial charge in [0.2, 0.25) is 11.8 Å². The smallest absolute Gasteiger partial charge is 0.255 e. The second kappa shape index (κ2) is 10.8. The van der Waals surface area contributed by atoms with Gasteiger partial charge in [-0.15, -0.1) is 10.9 Å². The minimum atomic E-state index is -2.18. The highest BCUT2D eigenvalue weighted by Gasteiger charge is 2.41. The van der Waals surface area contributed by atoms with E-state index in [0.29, 0.717) is 37.4 Å². The molecule has 5 rings (SSSR count). The van der Waals surface area contributed by atoms with E-state index in [4.69, 9.17) is 72.2 Å². The number of benzene rings is 2. The molecule has 1 unspecified atom stereocenters. The van der Waals surface area contributed by atoms with Crippen LogP contribution in [0.15, 0.2) is 18.2 Å². The molecule has 3 aliphatic rings. The van der Waals surface area contributed by atoms with Crippen LogP contribution in [0.3, 0.4) is 0 Å². The first-order chi connectivity index (χ1) is 19.3. The van der Waals surface area contributed by atoms with E-state index in [2.05, 4.69) is 5.32 Å². The first kappa shape index (κ1) is 29.8. The van der Waals surface area contributed by atoms with E-state index in [1.54, 1.807) is 23.1 Å². The third kappa shape index (κ3) is 5.11. The van der Waals surface area contributed by atoms with Gasteiger partial charge in [-0.3, -0.25) is 19.7 Å². The maximum absolute atomic E-state index is 13.2. The van der Waals surface area contributed by atoms with Crippen LogP contribution >= 0.6 is 0 Å². The average Bonchev–Trinajstić information content (AvgIpc) is 3.25. The number of carbonyl (C=O) groups excluding carboxylic acids is 3. The minimum Gasteiger partial charge on any atom is -0.502 e. The molecule has 2 fully saturated rings. The minimum absolute atomic E-state index is 0.0172. The zero-order valence-electron chi connectivity index (χ0n) is 22.3. The zero-order valence-corrected chi connectivity index (χ0v) is 22.3. The Kier molecular flexibility index (Phi) is 7.88. The molecular formula is C25H19B8N3O5. The number of nitrogens with zero attached hydrogens (tertiary/aromatic N) is 2. The number of piperidine rings is 1. The van der Waals surface area contributed by atoms with Gasteiger partial charge >= 0.3 is 0 Å². The predicted molar refractivity (Wildman–Crippen MR) is 160 cm³/mol. The van der Waals surface area contributed by atoms with Crippen molar-refractivity contribution in [2.75, 3.05) is 26.3 Å². The van der Waals surface area contributed by atoms with Crippen LogP contribution < -0.4 is 31.9 Å². The van der Waals surface area contributed by atoms with Gasteiger partial charge < -0.3 is 19.3 Å². The number of imide groups is 1. The van der Waals surface area contributed by atoms with Crippen LogP contribution in [0.25, 0.3) is 0 Å². The molecule has 0 aromatic heterocycles. The lowest BCUT2D eigenvalue weighted by molar-refractivity contribution is -0.136. The quantitative estimate of drug-likeness (QED) is 0.299. The van der Waals surface area contributed by atoms with Gasteiger partial charge in [-0.1, -0.05) is 22.6 Å². The van der Waals surface area contributed by atoms with Crippen LogP contribution in [0.2, 0.25) is 0 Å². The number of fused-ring (bicyclic) bond motifs is 1. The van der Waals surface area contributed by atoms with Crippen molar-refractivity contribution in [3.8, 4) is 5.75 Å². The molecule has 41 heavy (non-hydrogen) atoms. The van der Waals surface area contributed by atoms with Crippen molar-refractivity contribution in [1.82, 2.24) is 15.1 Å². The molecule has 0 bridgehead atoms. The lowest BCUT2D eigenvalue weighted by atomic mass is 9.46. The Labute approximate surface area is 249 Å². The Morgan fingerprint density at radius 3 is 2.12 bits per heavy atom. The second-order valence-electron chi connectivity index (χ2n) is 10.4. The molecule has 188 valence electrons. The van der Waals surface area contributed by atoms with Crippen LogP contribution in [0.1, 0.15) is 39.9 Å². The van der Waals surface area contributed by atoms with Crippen molar-refractivity contribution in [1.29, 1.82) is 0 Å². The van der Waals surface area contributed by atoms with E-state index in [1.807, 2.05) is 0 Å². The number of hydrogen-bond acceptors (Lipinski definition) is 6. The lowest BCUT2D eigenvalue weighted by Crippen LogP contribution is -2.62. The number of carbonyl (C=O) groups is 3. The SMILES string of the molecule is [B]c1c([B])c(C([B])([B])N2CCOCC2)c([B])c([B])c1C([B])([B])Oc1cccc2c1CN(C1CCC(=O)NC1=O)C2=O.